The van der Waals surface area contributed by atoms with Crippen molar-refractivity contribution < 1.29 is 4.79 Å². The molecule has 0 aliphatic heterocycles. The van der Waals surface area contributed by atoms with Gasteiger partial charge in [0.25, 0.3) is 0 Å². The first-order valence-corrected chi connectivity index (χ1v) is 11.0. The molecule has 3 aromatic rings. The summed E-state index contributed by atoms with van der Waals surface area (Å²) >= 11 is 1.63. The Bertz CT molecular complexity index is 990. The highest BCUT2D eigenvalue weighted by molar-refractivity contribution is 7.22. The molecule has 4 nitrogen and oxygen atoms in total. The highest BCUT2D eigenvalue weighted by Gasteiger charge is 2.21. The van der Waals surface area contributed by atoms with E-state index in [2.05, 4.69) is 77.0 Å². The summed E-state index contributed by atoms with van der Waals surface area (Å²) < 4.78 is 1.18. The van der Waals surface area contributed by atoms with Crippen molar-refractivity contribution in [1.29, 1.82) is 0 Å². The molecule has 0 fully saturated rings. The monoisotopic (exact) mass is 445 g/mol. The van der Waals surface area contributed by atoms with Crippen LogP contribution in [-0.4, -0.2) is 43.0 Å². The van der Waals surface area contributed by atoms with Gasteiger partial charge in [-0.05, 0) is 77.0 Å². The average molecular weight is 446 g/mol. The van der Waals surface area contributed by atoms with Crippen LogP contribution in [0, 0.1) is 27.7 Å². The molecule has 0 bridgehead atoms. The summed E-state index contributed by atoms with van der Waals surface area (Å²) in [5, 5.41) is 0.812. The number of anilines is 1. The van der Waals surface area contributed by atoms with Gasteiger partial charge in [0.2, 0.25) is 5.91 Å². The zero-order valence-electron chi connectivity index (χ0n) is 18.8. The van der Waals surface area contributed by atoms with Crippen molar-refractivity contribution in [3.63, 3.8) is 0 Å². The van der Waals surface area contributed by atoms with Crippen molar-refractivity contribution in [2.24, 2.45) is 0 Å². The molecule has 2 aromatic carbocycles. The number of benzene rings is 2. The van der Waals surface area contributed by atoms with Crippen LogP contribution in [0.15, 0.2) is 30.3 Å². The lowest BCUT2D eigenvalue weighted by molar-refractivity contribution is -0.118. The third-order valence-electron chi connectivity index (χ3n) is 5.30. The number of aryl methyl sites for hydroxylation is 4. The highest BCUT2D eigenvalue weighted by atomic mass is 35.5. The lowest BCUT2D eigenvalue weighted by Crippen LogP contribution is -2.34. The lowest BCUT2D eigenvalue weighted by Gasteiger charge is -2.21. The minimum absolute atomic E-state index is 0. The molecule has 0 saturated heterocycles. The zero-order valence-corrected chi connectivity index (χ0v) is 20.4. The molecule has 0 aliphatic rings. The maximum Gasteiger partial charge on any atom is 0.233 e. The van der Waals surface area contributed by atoms with Gasteiger partial charge in [0.1, 0.15) is 0 Å². The number of amides is 1. The molecule has 1 heterocycles. The van der Waals surface area contributed by atoms with Crippen LogP contribution < -0.4 is 4.90 Å². The number of carbonyl (C=O) groups is 1. The molecule has 0 N–H and O–H groups in total. The number of hydrogen-bond acceptors (Lipinski definition) is 4. The summed E-state index contributed by atoms with van der Waals surface area (Å²) in [6.07, 6.45) is 1.32. The van der Waals surface area contributed by atoms with Crippen LogP contribution >= 0.6 is 23.7 Å². The van der Waals surface area contributed by atoms with E-state index in [9.17, 15) is 4.79 Å². The smallest absolute Gasteiger partial charge is 0.233 e. The minimum atomic E-state index is 0. The second-order valence-electron chi connectivity index (χ2n) is 8.18. The Morgan fingerprint density at radius 3 is 2.30 bits per heavy atom. The molecule has 0 spiro atoms. The number of hydrogen-bond donors (Lipinski definition) is 0. The van der Waals surface area contributed by atoms with Crippen LogP contribution in [0.2, 0.25) is 0 Å². The van der Waals surface area contributed by atoms with Gasteiger partial charge in [-0.1, -0.05) is 47.2 Å². The molecule has 162 valence electrons. The van der Waals surface area contributed by atoms with Crippen molar-refractivity contribution in [3.8, 4) is 0 Å². The van der Waals surface area contributed by atoms with Gasteiger partial charge in [-0.25, -0.2) is 4.98 Å². The fourth-order valence-corrected chi connectivity index (χ4v) is 4.64. The summed E-state index contributed by atoms with van der Waals surface area (Å²) in [5.41, 5.74) is 6.83. The zero-order chi connectivity index (χ0) is 21.1. The molecule has 0 unspecified atom stereocenters. The van der Waals surface area contributed by atoms with Gasteiger partial charge in [0.15, 0.2) is 5.13 Å². The average Bonchev–Trinajstić information content (AvgIpc) is 3.11. The number of thiazole rings is 1. The summed E-state index contributed by atoms with van der Waals surface area (Å²) in [5.74, 6) is 0.117. The van der Waals surface area contributed by atoms with E-state index in [1.807, 2.05) is 4.90 Å². The normalized spacial score (nSPS) is 11.0. The molecule has 0 atom stereocenters. The van der Waals surface area contributed by atoms with E-state index >= 15 is 0 Å². The summed E-state index contributed by atoms with van der Waals surface area (Å²) in [7, 11) is 4.12. The van der Waals surface area contributed by atoms with E-state index in [1.165, 1.54) is 15.8 Å². The van der Waals surface area contributed by atoms with Gasteiger partial charge in [0, 0.05) is 6.54 Å². The van der Waals surface area contributed by atoms with E-state index in [0.29, 0.717) is 13.0 Å². The Hall–Kier alpha value is -1.95. The van der Waals surface area contributed by atoms with E-state index < -0.39 is 0 Å². The second-order valence-corrected chi connectivity index (χ2v) is 9.16. The molecular formula is C24H32ClN3OS. The van der Waals surface area contributed by atoms with Gasteiger partial charge in [-0.15, -0.1) is 12.4 Å². The third kappa shape index (κ3) is 5.60. The first-order valence-electron chi connectivity index (χ1n) is 10.1. The number of rotatable bonds is 7. The Kier molecular flexibility index (Phi) is 8.42. The SMILES string of the molecule is Cc1ccc(C)c(CC(=O)N(CCCN(C)C)c2nc3c(C)ccc(C)c3s2)c1.Cl. The van der Waals surface area contributed by atoms with Gasteiger partial charge in [-0.2, -0.15) is 0 Å². The summed E-state index contributed by atoms with van der Waals surface area (Å²) in [6, 6.07) is 10.6. The van der Waals surface area contributed by atoms with Crippen molar-refractivity contribution in [2.45, 2.75) is 40.5 Å². The number of halogens is 1. The van der Waals surface area contributed by atoms with E-state index in [1.54, 1.807) is 11.3 Å². The highest BCUT2D eigenvalue weighted by Crippen LogP contribution is 2.33. The second kappa shape index (κ2) is 10.4. The van der Waals surface area contributed by atoms with Crippen LogP contribution in [0.4, 0.5) is 5.13 Å². The summed E-state index contributed by atoms with van der Waals surface area (Å²) in [4.78, 5) is 22.3. The maximum absolute atomic E-state index is 13.4. The molecule has 0 aliphatic carbocycles. The summed E-state index contributed by atoms with van der Waals surface area (Å²) in [6.45, 7) is 9.96. The van der Waals surface area contributed by atoms with Crippen LogP contribution in [0.25, 0.3) is 10.2 Å². The van der Waals surface area contributed by atoms with Crippen LogP contribution in [-0.2, 0) is 11.2 Å². The topological polar surface area (TPSA) is 36.4 Å². The van der Waals surface area contributed by atoms with E-state index in [-0.39, 0.29) is 18.3 Å². The lowest BCUT2D eigenvalue weighted by atomic mass is 10.0. The molecule has 3 rings (SSSR count). The number of nitrogens with zero attached hydrogens (tertiary/aromatic N) is 3. The maximum atomic E-state index is 13.4. The largest absolute Gasteiger partial charge is 0.309 e. The van der Waals surface area contributed by atoms with Gasteiger partial charge < -0.3 is 4.90 Å². The van der Waals surface area contributed by atoms with Crippen molar-refractivity contribution in [1.82, 2.24) is 9.88 Å². The Morgan fingerprint density at radius 2 is 1.63 bits per heavy atom. The Morgan fingerprint density at radius 1 is 0.967 bits per heavy atom. The van der Waals surface area contributed by atoms with Crippen molar-refractivity contribution >= 4 is 45.0 Å². The van der Waals surface area contributed by atoms with Crippen LogP contribution in [0.5, 0.6) is 0 Å². The molecular weight excluding hydrogens is 414 g/mol. The van der Waals surface area contributed by atoms with E-state index in [4.69, 9.17) is 4.98 Å². The van der Waals surface area contributed by atoms with Gasteiger partial charge >= 0.3 is 0 Å². The van der Waals surface area contributed by atoms with Crippen LogP contribution in [0.3, 0.4) is 0 Å². The van der Waals surface area contributed by atoms with E-state index in [0.717, 1.165) is 40.3 Å². The molecule has 6 heteroatoms. The molecule has 0 saturated carbocycles. The number of fused-ring (bicyclic) bond motifs is 1. The first kappa shape index (κ1) is 24.3. The van der Waals surface area contributed by atoms with Crippen molar-refractivity contribution in [2.75, 3.05) is 32.1 Å². The predicted octanol–water partition coefficient (Wildman–Crippen LogP) is 5.48. The molecule has 1 amide bonds. The minimum Gasteiger partial charge on any atom is -0.309 e. The number of aromatic nitrogens is 1. The van der Waals surface area contributed by atoms with Gasteiger partial charge in [-0.3, -0.25) is 9.69 Å². The number of carbonyl (C=O) groups excluding carboxylic acids is 1. The Balaban J connectivity index is 0.00000320. The first-order chi connectivity index (χ1) is 13.8. The molecule has 30 heavy (non-hydrogen) atoms. The predicted molar refractivity (Wildman–Crippen MR) is 131 cm³/mol. The molecule has 1 aromatic heterocycles. The third-order valence-corrected chi connectivity index (χ3v) is 6.51. The fraction of sp³-hybridized carbons (Fsp3) is 0.417. The van der Waals surface area contributed by atoms with Crippen molar-refractivity contribution in [3.05, 3.63) is 58.1 Å². The fourth-order valence-electron chi connectivity index (χ4n) is 3.48. The Labute approximate surface area is 190 Å². The quantitative estimate of drug-likeness (QED) is 0.483. The standard InChI is InChI=1S/C24H31N3OS.ClH/c1-16-8-9-17(2)20(14-16)15-21(28)27(13-7-12-26(5)6)24-25-22-18(3)10-11-19(4)23(22)29-24;/h8-11,14H,7,12-13,15H2,1-6H3;1H. The molecule has 0 radical (unpaired) electrons. The van der Waals surface area contributed by atoms with Gasteiger partial charge in [0.05, 0.1) is 16.6 Å². The van der Waals surface area contributed by atoms with Crippen LogP contribution in [0.1, 0.15) is 34.2 Å².